The Bertz CT molecular complexity index is 1470. The minimum Gasteiger partial charge on any atom is -0.348 e. The molecule has 1 amide bonds. The Hall–Kier alpha value is -4.02. The molecule has 2 aromatic carbocycles. The van der Waals surface area contributed by atoms with Crippen LogP contribution in [0.5, 0.6) is 0 Å². The lowest BCUT2D eigenvalue weighted by atomic mass is 9.99. The molecular weight excluding hydrogens is 402 g/mol. The predicted octanol–water partition coefficient (Wildman–Crippen LogP) is 3.42. The van der Waals surface area contributed by atoms with E-state index in [2.05, 4.69) is 21.4 Å². The molecule has 1 aliphatic heterocycles. The Labute approximate surface area is 175 Å². The van der Waals surface area contributed by atoms with Crippen LogP contribution in [0.2, 0.25) is 5.02 Å². The molecule has 144 valence electrons. The molecule has 0 saturated carbocycles. The first-order valence-electron chi connectivity index (χ1n) is 9.06. The summed E-state index contributed by atoms with van der Waals surface area (Å²) in [7, 11) is 0. The molecule has 3 heterocycles. The molecule has 5 rings (SSSR count). The van der Waals surface area contributed by atoms with E-state index in [0.717, 1.165) is 5.56 Å². The van der Waals surface area contributed by atoms with Crippen molar-refractivity contribution in [1.82, 2.24) is 20.3 Å². The number of hydrogen-bond donors (Lipinski definition) is 2. The summed E-state index contributed by atoms with van der Waals surface area (Å²) in [5, 5.41) is 12.4. The van der Waals surface area contributed by atoms with Crippen molar-refractivity contribution in [3.63, 3.8) is 0 Å². The Morgan fingerprint density at radius 1 is 1.00 bits per heavy atom. The van der Waals surface area contributed by atoms with E-state index >= 15 is 0 Å². The second kappa shape index (κ2) is 6.79. The smallest absolute Gasteiger partial charge is 0.253 e. The molecule has 0 fully saturated rings. The van der Waals surface area contributed by atoms with Gasteiger partial charge in [0.2, 0.25) is 5.56 Å². The van der Waals surface area contributed by atoms with Gasteiger partial charge in [-0.05, 0) is 35.9 Å². The van der Waals surface area contributed by atoms with Crippen LogP contribution in [0.4, 0.5) is 0 Å². The molecule has 2 N–H and O–H groups in total. The van der Waals surface area contributed by atoms with Crippen LogP contribution in [0, 0.1) is 11.3 Å². The van der Waals surface area contributed by atoms with Crippen LogP contribution in [0.3, 0.4) is 0 Å². The minimum atomic E-state index is -0.286. The van der Waals surface area contributed by atoms with E-state index in [1.54, 1.807) is 30.3 Å². The first kappa shape index (κ1) is 18.0. The first-order chi connectivity index (χ1) is 14.5. The van der Waals surface area contributed by atoms with E-state index in [-0.39, 0.29) is 11.5 Å². The molecule has 0 aliphatic carbocycles. The maximum absolute atomic E-state index is 12.0. The lowest BCUT2D eigenvalue weighted by Gasteiger charge is -2.12. The molecule has 0 atom stereocenters. The lowest BCUT2D eigenvalue weighted by molar-refractivity contribution is 0.0966. The number of aromatic amines is 1. The van der Waals surface area contributed by atoms with E-state index in [9.17, 15) is 14.9 Å². The summed E-state index contributed by atoms with van der Waals surface area (Å²) >= 11 is 6.41. The summed E-state index contributed by atoms with van der Waals surface area (Å²) in [5.74, 6) is -0.203. The second-order valence-electron chi connectivity index (χ2n) is 6.84. The fourth-order valence-corrected chi connectivity index (χ4v) is 3.89. The van der Waals surface area contributed by atoms with Gasteiger partial charge in [0.1, 0.15) is 5.52 Å². The summed E-state index contributed by atoms with van der Waals surface area (Å²) in [6.07, 6.45) is 0. The average molecular weight is 414 g/mol. The number of aromatic nitrogens is 3. The highest BCUT2D eigenvalue weighted by Gasteiger charge is 2.24. The molecule has 0 spiro atoms. The minimum absolute atomic E-state index is 0.203. The summed E-state index contributed by atoms with van der Waals surface area (Å²) < 4.78 is 0. The molecule has 8 heteroatoms. The standard InChI is InChI=1S/C22H12ClN5O2/c23-15-8-13(7-14-10-25-22(30)18(14)15)20-19(12-3-1-2-11(6-12)9-24)28-21-16(26-20)4-5-17(29)27-21/h1-8H,10H2,(H,25,30)(H,27,28,29). The van der Waals surface area contributed by atoms with E-state index in [1.165, 1.54) is 6.07 Å². The number of H-pyrrole nitrogens is 1. The number of nitrogens with one attached hydrogen (secondary N) is 2. The molecule has 0 radical (unpaired) electrons. The zero-order chi connectivity index (χ0) is 20.8. The molecule has 7 nitrogen and oxygen atoms in total. The average Bonchev–Trinajstić information content (AvgIpc) is 3.14. The van der Waals surface area contributed by atoms with Gasteiger partial charge < -0.3 is 10.3 Å². The van der Waals surface area contributed by atoms with Gasteiger partial charge in [-0.2, -0.15) is 5.26 Å². The highest BCUT2D eigenvalue weighted by atomic mass is 35.5. The van der Waals surface area contributed by atoms with Crippen molar-refractivity contribution in [2.75, 3.05) is 0 Å². The van der Waals surface area contributed by atoms with Gasteiger partial charge >= 0.3 is 0 Å². The maximum Gasteiger partial charge on any atom is 0.253 e. The lowest BCUT2D eigenvalue weighted by Crippen LogP contribution is -2.12. The highest BCUT2D eigenvalue weighted by molar-refractivity contribution is 6.34. The Morgan fingerprint density at radius 2 is 1.83 bits per heavy atom. The molecule has 0 saturated heterocycles. The van der Waals surface area contributed by atoms with Crippen LogP contribution in [0.15, 0.2) is 53.3 Å². The number of hydrogen-bond acceptors (Lipinski definition) is 5. The van der Waals surface area contributed by atoms with Crippen molar-refractivity contribution in [1.29, 1.82) is 5.26 Å². The van der Waals surface area contributed by atoms with Gasteiger partial charge in [-0.3, -0.25) is 9.59 Å². The number of nitrogens with zero attached hydrogens (tertiary/aromatic N) is 3. The Morgan fingerprint density at radius 3 is 2.67 bits per heavy atom. The van der Waals surface area contributed by atoms with E-state index in [4.69, 9.17) is 16.6 Å². The van der Waals surface area contributed by atoms with Crippen molar-refractivity contribution in [2.24, 2.45) is 0 Å². The Balaban J connectivity index is 1.82. The maximum atomic E-state index is 12.0. The van der Waals surface area contributed by atoms with Gasteiger partial charge in [-0.1, -0.05) is 23.7 Å². The largest absolute Gasteiger partial charge is 0.348 e. The van der Waals surface area contributed by atoms with Crippen molar-refractivity contribution in [3.05, 3.63) is 80.6 Å². The second-order valence-corrected chi connectivity index (χ2v) is 7.25. The number of carbonyl (C=O) groups is 1. The summed E-state index contributed by atoms with van der Waals surface area (Å²) in [6.45, 7) is 0.384. The third kappa shape index (κ3) is 2.91. The van der Waals surface area contributed by atoms with Crippen LogP contribution in [0.25, 0.3) is 33.7 Å². The van der Waals surface area contributed by atoms with Gasteiger partial charge in [0.25, 0.3) is 5.91 Å². The zero-order valence-corrected chi connectivity index (χ0v) is 16.1. The van der Waals surface area contributed by atoms with Gasteiger partial charge in [0.05, 0.1) is 33.6 Å². The SMILES string of the molecule is N#Cc1cccc(-c2nc3[nH]c(=O)ccc3nc2-c2cc(Cl)c3c(c2)CNC3=O)c1. The fourth-order valence-electron chi connectivity index (χ4n) is 3.57. The number of nitriles is 1. The van der Waals surface area contributed by atoms with E-state index < -0.39 is 0 Å². The number of pyridine rings is 1. The highest BCUT2D eigenvalue weighted by Crippen LogP contribution is 2.35. The molecule has 30 heavy (non-hydrogen) atoms. The summed E-state index contributed by atoms with van der Waals surface area (Å²) in [6, 6.07) is 15.6. The topological polar surface area (TPSA) is 112 Å². The number of amides is 1. The number of rotatable bonds is 2. The normalized spacial score (nSPS) is 12.5. The van der Waals surface area contributed by atoms with Crippen LogP contribution in [0.1, 0.15) is 21.5 Å². The monoisotopic (exact) mass is 413 g/mol. The zero-order valence-electron chi connectivity index (χ0n) is 15.4. The number of halogens is 1. The number of benzene rings is 2. The Kier molecular flexibility index (Phi) is 4.09. The van der Waals surface area contributed by atoms with Crippen molar-refractivity contribution in [3.8, 4) is 28.6 Å². The molecule has 0 unspecified atom stereocenters. The molecule has 1 aliphatic rings. The third-order valence-electron chi connectivity index (χ3n) is 4.93. The van der Waals surface area contributed by atoms with Crippen molar-refractivity contribution in [2.45, 2.75) is 6.54 Å². The van der Waals surface area contributed by atoms with Gasteiger partial charge in [0.15, 0.2) is 5.65 Å². The molecule has 4 aromatic rings. The molecular formula is C22H12ClN5O2. The first-order valence-corrected chi connectivity index (χ1v) is 9.44. The van der Waals surface area contributed by atoms with Gasteiger partial charge in [-0.25, -0.2) is 9.97 Å². The third-order valence-corrected chi connectivity index (χ3v) is 5.23. The number of carbonyl (C=O) groups excluding carboxylic acids is 1. The summed E-state index contributed by atoms with van der Waals surface area (Å²) in [5.41, 5.74) is 4.68. The molecule has 0 bridgehead atoms. The van der Waals surface area contributed by atoms with Crippen LogP contribution >= 0.6 is 11.6 Å². The van der Waals surface area contributed by atoms with Crippen LogP contribution in [-0.2, 0) is 6.54 Å². The van der Waals surface area contributed by atoms with Gasteiger partial charge in [-0.15, -0.1) is 0 Å². The fraction of sp³-hybridized carbons (Fsp3) is 0.0455. The predicted molar refractivity (Wildman–Crippen MR) is 112 cm³/mol. The van der Waals surface area contributed by atoms with Crippen LogP contribution < -0.4 is 10.9 Å². The van der Waals surface area contributed by atoms with Crippen molar-refractivity contribution >= 4 is 28.7 Å². The van der Waals surface area contributed by atoms with E-state index in [1.807, 2.05) is 12.1 Å². The quantitative estimate of drug-likeness (QED) is 0.523. The summed E-state index contributed by atoms with van der Waals surface area (Å²) in [4.78, 5) is 35.8. The van der Waals surface area contributed by atoms with Crippen molar-refractivity contribution < 1.29 is 4.79 Å². The van der Waals surface area contributed by atoms with Gasteiger partial charge in [0, 0.05) is 23.7 Å². The number of fused-ring (bicyclic) bond motifs is 2. The van der Waals surface area contributed by atoms with E-state index in [0.29, 0.717) is 56.4 Å². The van der Waals surface area contributed by atoms with Crippen LogP contribution in [-0.4, -0.2) is 20.9 Å². The molecule has 2 aromatic heterocycles.